The molecule has 2 aliphatic rings. The molecule has 36 heavy (non-hydrogen) atoms. The van der Waals surface area contributed by atoms with Gasteiger partial charge in [-0.1, -0.05) is 30.0 Å². The number of hydrogen-bond donors (Lipinski definition) is 1. The number of fused-ring (bicyclic) bond motifs is 1. The number of nitrogens with one attached hydrogen (secondary N) is 1. The Labute approximate surface area is 214 Å². The van der Waals surface area contributed by atoms with Gasteiger partial charge in [0.25, 0.3) is 0 Å². The van der Waals surface area contributed by atoms with E-state index in [1.54, 1.807) is 27.3 Å². The van der Waals surface area contributed by atoms with Gasteiger partial charge in [-0.3, -0.25) is 9.78 Å². The van der Waals surface area contributed by atoms with Gasteiger partial charge < -0.3 is 24.4 Å². The first kappa shape index (κ1) is 25.5. The van der Waals surface area contributed by atoms with Crippen molar-refractivity contribution in [1.29, 1.82) is 0 Å². The molecular weight excluding hydrogens is 480 g/mol. The highest BCUT2D eigenvalue weighted by atomic mass is 32.2. The number of aliphatic imine (C=N–C) groups is 1. The van der Waals surface area contributed by atoms with Gasteiger partial charge in [-0.05, 0) is 42.2 Å². The summed E-state index contributed by atoms with van der Waals surface area (Å²) in [6.07, 6.45) is 1.81. The number of methoxy groups -OCH3 is 2. The predicted molar refractivity (Wildman–Crippen MR) is 137 cm³/mol. The van der Waals surface area contributed by atoms with Crippen LogP contribution in [0, 0.1) is 0 Å². The molecule has 3 heterocycles. The van der Waals surface area contributed by atoms with E-state index < -0.39 is 12.0 Å². The first-order valence-electron chi connectivity index (χ1n) is 11.4. The molecule has 4 rings (SSSR count). The molecule has 0 fully saturated rings. The number of thioether (sulfide) groups is 1. The summed E-state index contributed by atoms with van der Waals surface area (Å²) >= 11 is 1.43. The highest BCUT2D eigenvalue weighted by Crippen LogP contribution is 2.45. The average Bonchev–Trinajstić information content (AvgIpc) is 3.29. The summed E-state index contributed by atoms with van der Waals surface area (Å²) in [4.78, 5) is 36.9. The summed E-state index contributed by atoms with van der Waals surface area (Å²) in [6.45, 7) is 2.55. The Bertz CT molecular complexity index is 1190. The molecule has 1 N–H and O–H groups in total. The summed E-state index contributed by atoms with van der Waals surface area (Å²) in [7, 11) is 3.15. The first-order valence-corrected chi connectivity index (χ1v) is 12.3. The molecule has 0 unspecified atom stereocenters. The number of aromatic nitrogens is 1. The van der Waals surface area contributed by atoms with Crippen LogP contribution in [0.5, 0.6) is 5.75 Å². The zero-order chi connectivity index (χ0) is 25.5. The zero-order valence-electron chi connectivity index (χ0n) is 20.4. The van der Waals surface area contributed by atoms with E-state index >= 15 is 0 Å². The highest BCUT2D eigenvalue weighted by molar-refractivity contribution is 8.16. The van der Waals surface area contributed by atoms with Crippen molar-refractivity contribution in [3.8, 4) is 5.75 Å². The standard InChI is InChI=1S/C26H28N4O5S/c1-17-23(25(32)35-13-12-33-2)24(18-7-9-21(34-3)10-8-18)30-20(16-36-26(30)29-17)14-22(31)28-15-19-6-4-5-11-27-19/h4-11,16,24H,12-15H2,1-3H3,(H,28,31)/t24-/m1/s1. The molecule has 1 aromatic carbocycles. The Morgan fingerprint density at radius 1 is 1.11 bits per heavy atom. The van der Waals surface area contributed by atoms with Crippen LogP contribution in [0.15, 0.2) is 76.0 Å². The molecule has 0 spiro atoms. The lowest BCUT2D eigenvalue weighted by molar-refractivity contribution is -0.141. The number of allylic oxidation sites excluding steroid dienone is 1. The maximum Gasteiger partial charge on any atom is 0.338 e. The Balaban J connectivity index is 1.60. The number of amides is 1. The zero-order valence-corrected chi connectivity index (χ0v) is 21.2. The van der Waals surface area contributed by atoms with Gasteiger partial charge in [-0.2, -0.15) is 0 Å². The van der Waals surface area contributed by atoms with Gasteiger partial charge in [0, 0.05) is 19.0 Å². The molecule has 9 nitrogen and oxygen atoms in total. The van der Waals surface area contributed by atoms with Gasteiger partial charge in [0.2, 0.25) is 5.91 Å². The lowest BCUT2D eigenvalue weighted by Crippen LogP contribution is -2.38. The van der Waals surface area contributed by atoms with Crippen molar-refractivity contribution in [2.24, 2.45) is 4.99 Å². The quantitative estimate of drug-likeness (QED) is 0.384. The third kappa shape index (κ3) is 5.77. The number of rotatable bonds is 10. The Morgan fingerprint density at radius 3 is 2.61 bits per heavy atom. The lowest BCUT2D eigenvalue weighted by Gasteiger charge is -2.36. The van der Waals surface area contributed by atoms with Gasteiger partial charge in [0.15, 0.2) is 5.17 Å². The Kier molecular flexibility index (Phi) is 8.40. The van der Waals surface area contributed by atoms with Crippen LogP contribution >= 0.6 is 11.8 Å². The van der Waals surface area contributed by atoms with Crippen LogP contribution in [0.2, 0.25) is 0 Å². The van der Waals surface area contributed by atoms with E-state index in [1.807, 2.05) is 52.8 Å². The van der Waals surface area contributed by atoms with Crippen LogP contribution in [0.3, 0.4) is 0 Å². The number of carbonyl (C=O) groups excluding carboxylic acids is 2. The first-order chi connectivity index (χ1) is 17.5. The molecule has 188 valence electrons. The van der Waals surface area contributed by atoms with E-state index in [0.717, 1.165) is 17.0 Å². The lowest BCUT2D eigenvalue weighted by atomic mass is 9.93. The summed E-state index contributed by atoms with van der Waals surface area (Å²) in [6, 6.07) is 12.6. The van der Waals surface area contributed by atoms with Gasteiger partial charge in [-0.15, -0.1) is 0 Å². The second-order valence-electron chi connectivity index (χ2n) is 8.07. The van der Waals surface area contributed by atoms with Crippen molar-refractivity contribution in [2.45, 2.75) is 25.9 Å². The number of benzene rings is 1. The number of ether oxygens (including phenoxy) is 3. The molecule has 0 saturated carbocycles. The molecular formula is C26H28N4O5S. The van der Waals surface area contributed by atoms with E-state index in [9.17, 15) is 9.59 Å². The minimum atomic E-state index is -0.511. The smallest absolute Gasteiger partial charge is 0.338 e. The molecule has 1 amide bonds. The van der Waals surface area contributed by atoms with Crippen molar-refractivity contribution < 1.29 is 23.8 Å². The second-order valence-corrected chi connectivity index (χ2v) is 8.91. The van der Waals surface area contributed by atoms with Crippen LogP contribution in [-0.4, -0.2) is 54.4 Å². The van der Waals surface area contributed by atoms with Crippen LogP contribution in [0.25, 0.3) is 0 Å². The van der Waals surface area contributed by atoms with Crippen molar-refractivity contribution in [3.63, 3.8) is 0 Å². The number of esters is 1. The van der Waals surface area contributed by atoms with E-state index in [-0.39, 0.29) is 18.9 Å². The molecule has 2 aromatic rings. The highest BCUT2D eigenvalue weighted by Gasteiger charge is 2.41. The maximum atomic E-state index is 13.2. The topological polar surface area (TPSA) is 102 Å². The number of pyridine rings is 1. The van der Waals surface area contributed by atoms with Crippen LogP contribution in [-0.2, 0) is 25.6 Å². The molecule has 0 saturated heterocycles. The minimum Gasteiger partial charge on any atom is -0.497 e. The fourth-order valence-electron chi connectivity index (χ4n) is 3.95. The minimum absolute atomic E-state index is 0.122. The van der Waals surface area contributed by atoms with Crippen LogP contribution < -0.4 is 10.1 Å². The third-order valence-corrected chi connectivity index (χ3v) is 6.60. The van der Waals surface area contributed by atoms with Gasteiger partial charge in [-0.25, -0.2) is 9.79 Å². The van der Waals surface area contributed by atoms with Crippen molar-refractivity contribution in [2.75, 3.05) is 27.4 Å². The Hall–Kier alpha value is -3.63. The fourth-order valence-corrected chi connectivity index (χ4v) is 4.91. The number of nitrogens with zero attached hydrogens (tertiary/aromatic N) is 3. The summed E-state index contributed by atoms with van der Waals surface area (Å²) < 4.78 is 15.8. The third-order valence-electron chi connectivity index (χ3n) is 5.71. The Morgan fingerprint density at radius 2 is 1.92 bits per heavy atom. The van der Waals surface area contributed by atoms with Gasteiger partial charge in [0.05, 0.1) is 49.7 Å². The normalized spacial score (nSPS) is 16.8. The predicted octanol–water partition coefficient (Wildman–Crippen LogP) is 3.56. The molecule has 0 radical (unpaired) electrons. The molecule has 1 aromatic heterocycles. The summed E-state index contributed by atoms with van der Waals surface area (Å²) in [5, 5.41) is 5.52. The fraction of sp³-hybridized carbons (Fsp3) is 0.308. The van der Waals surface area contributed by atoms with Crippen molar-refractivity contribution in [1.82, 2.24) is 15.2 Å². The second kappa shape index (κ2) is 11.9. The number of carbonyl (C=O) groups is 2. The van der Waals surface area contributed by atoms with Crippen LogP contribution in [0.4, 0.5) is 0 Å². The monoisotopic (exact) mass is 508 g/mol. The van der Waals surface area contributed by atoms with Crippen molar-refractivity contribution in [3.05, 3.63) is 82.3 Å². The number of hydrogen-bond acceptors (Lipinski definition) is 9. The summed E-state index contributed by atoms with van der Waals surface area (Å²) in [5.74, 6) is 0.0792. The van der Waals surface area contributed by atoms with Crippen LogP contribution in [0.1, 0.15) is 30.6 Å². The van der Waals surface area contributed by atoms with Crippen molar-refractivity contribution >= 4 is 28.8 Å². The number of amidine groups is 1. The molecule has 10 heteroatoms. The maximum absolute atomic E-state index is 13.2. The van der Waals surface area contributed by atoms with E-state index in [2.05, 4.69) is 15.3 Å². The van der Waals surface area contributed by atoms with E-state index in [1.165, 1.54) is 11.8 Å². The van der Waals surface area contributed by atoms with Gasteiger partial charge in [0.1, 0.15) is 12.4 Å². The largest absolute Gasteiger partial charge is 0.497 e. The SMILES string of the molecule is COCCOC(=O)C1=C(C)N=C2SC=C(CC(=O)NCc3ccccn3)N2[C@@H]1c1ccc(OC)cc1. The van der Waals surface area contributed by atoms with E-state index in [0.29, 0.717) is 35.3 Å². The molecule has 0 bridgehead atoms. The summed E-state index contributed by atoms with van der Waals surface area (Å²) in [5.41, 5.74) is 3.36. The molecule has 1 atom stereocenters. The average molecular weight is 509 g/mol. The molecule has 0 aliphatic carbocycles. The van der Waals surface area contributed by atoms with E-state index in [4.69, 9.17) is 14.2 Å². The molecule has 2 aliphatic heterocycles. The van der Waals surface area contributed by atoms with Gasteiger partial charge >= 0.3 is 5.97 Å².